The van der Waals surface area contributed by atoms with Crippen LogP contribution in [0.1, 0.15) is 52.1 Å². The summed E-state index contributed by atoms with van der Waals surface area (Å²) in [6.45, 7) is 8.25. The lowest BCUT2D eigenvalue weighted by molar-refractivity contribution is -0.115. The van der Waals surface area contributed by atoms with Crippen LogP contribution in [0.2, 0.25) is 0 Å². The van der Waals surface area contributed by atoms with Gasteiger partial charge in [-0.05, 0) is 58.2 Å². The molecule has 1 amide bonds. The lowest BCUT2D eigenvalue weighted by Crippen LogP contribution is -2.41. The van der Waals surface area contributed by atoms with Crippen LogP contribution in [-0.4, -0.2) is 46.2 Å². The van der Waals surface area contributed by atoms with E-state index in [9.17, 15) is 9.59 Å². The Hall–Kier alpha value is -2.51. The van der Waals surface area contributed by atoms with Crippen LogP contribution in [0.15, 0.2) is 60.7 Å². The second-order valence-electron chi connectivity index (χ2n) is 9.95. The number of hydrogen-bond donors (Lipinski definition) is 0. The van der Waals surface area contributed by atoms with Crippen LogP contribution in [-0.2, 0) is 14.4 Å². The molecule has 1 unspecified atom stereocenters. The van der Waals surface area contributed by atoms with E-state index in [1.54, 1.807) is 4.90 Å². The summed E-state index contributed by atoms with van der Waals surface area (Å²) in [5.41, 5.74) is 1.44. The number of hydrogen-bond acceptors (Lipinski definition) is 6. The van der Waals surface area contributed by atoms with Gasteiger partial charge >= 0.3 is 6.09 Å². The minimum atomic E-state index is -0.534. The predicted molar refractivity (Wildman–Crippen MR) is 136 cm³/mol. The van der Waals surface area contributed by atoms with Crippen molar-refractivity contribution < 1.29 is 19.2 Å². The number of para-hydroxylation sites is 1. The van der Waals surface area contributed by atoms with Gasteiger partial charge in [-0.15, -0.1) is 0 Å². The van der Waals surface area contributed by atoms with Gasteiger partial charge in [0.05, 0.1) is 23.8 Å². The van der Waals surface area contributed by atoms with Crippen molar-refractivity contribution in [3.05, 3.63) is 66.2 Å². The fraction of sp³-hybridized carbons (Fsp3) is 0.481. The van der Waals surface area contributed by atoms with E-state index in [4.69, 9.17) is 9.57 Å². The van der Waals surface area contributed by atoms with Crippen LogP contribution in [0, 0.1) is 5.92 Å². The van der Waals surface area contributed by atoms with Crippen molar-refractivity contribution >= 4 is 28.7 Å². The highest BCUT2D eigenvalue weighted by molar-refractivity contribution is 8.13. The van der Waals surface area contributed by atoms with Crippen LogP contribution in [0.4, 0.5) is 10.5 Å². The molecule has 0 radical (unpaired) electrons. The number of carbonyl (C=O) groups is 2. The van der Waals surface area contributed by atoms with Crippen LogP contribution in [0.25, 0.3) is 0 Å². The molecular formula is C27H34N2O4S. The molecule has 182 valence electrons. The molecule has 2 fully saturated rings. The molecule has 2 aliphatic heterocycles. The number of hydroxylamine groups is 1. The summed E-state index contributed by atoms with van der Waals surface area (Å²) in [6.07, 6.45) is 1.25. The Morgan fingerprint density at radius 3 is 2.35 bits per heavy atom. The maximum atomic E-state index is 13.6. The van der Waals surface area contributed by atoms with Gasteiger partial charge in [0.15, 0.2) is 5.12 Å². The highest BCUT2D eigenvalue weighted by atomic mass is 32.2. The molecule has 0 N–H and O–H groups in total. The highest BCUT2D eigenvalue weighted by Gasteiger charge is 2.47. The molecule has 2 aromatic carbocycles. The van der Waals surface area contributed by atoms with Gasteiger partial charge in [-0.25, -0.2) is 9.86 Å². The molecular weight excluding hydrogens is 448 g/mol. The number of ether oxygens (including phenoxy) is 1. The molecule has 0 saturated carbocycles. The lowest BCUT2D eigenvalue weighted by atomic mass is 9.91. The Bertz CT molecular complexity index is 979. The normalized spacial score (nSPS) is 24.9. The lowest BCUT2D eigenvalue weighted by Gasteiger charge is -2.29. The maximum Gasteiger partial charge on any atom is 0.410 e. The van der Waals surface area contributed by atoms with Gasteiger partial charge in [-0.2, -0.15) is 0 Å². The molecule has 4 atom stereocenters. The predicted octanol–water partition coefficient (Wildman–Crippen LogP) is 5.84. The first-order valence-electron chi connectivity index (χ1n) is 12.0. The molecule has 6 nitrogen and oxygen atoms in total. The van der Waals surface area contributed by atoms with E-state index < -0.39 is 5.60 Å². The summed E-state index contributed by atoms with van der Waals surface area (Å²) >= 11 is 1.31. The highest BCUT2D eigenvalue weighted by Crippen LogP contribution is 2.44. The van der Waals surface area contributed by atoms with E-state index in [2.05, 4.69) is 0 Å². The van der Waals surface area contributed by atoms with Crippen LogP contribution < -0.4 is 5.06 Å². The summed E-state index contributed by atoms with van der Waals surface area (Å²) in [6, 6.07) is 19.8. The summed E-state index contributed by atoms with van der Waals surface area (Å²) < 4.78 is 5.58. The second-order valence-corrected chi connectivity index (χ2v) is 11.0. The van der Waals surface area contributed by atoms with Gasteiger partial charge < -0.3 is 9.64 Å². The van der Waals surface area contributed by atoms with Gasteiger partial charge in [-0.1, -0.05) is 60.3 Å². The van der Waals surface area contributed by atoms with Gasteiger partial charge in [-0.3, -0.25) is 9.63 Å². The maximum absolute atomic E-state index is 13.6. The molecule has 2 heterocycles. The van der Waals surface area contributed by atoms with Gasteiger partial charge in [0.1, 0.15) is 5.60 Å². The molecule has 2 aliphatic rings. The monoisotopic (exact) mass is 482 g/mol. The molecule has 34 heavy (non-hydrogen) atoms. The summed E-state index contributed by atoms with van der Waals surface area (Å²) in [4.78, 5) is 34.3. The van der Waals surface area contributed by atoms with Crippen molar-refractivity contribution in [1.82, 2.24) is 4.90 Å². The molecule has 0 spiro atoms. The largest absolute Gasteiger partial charge is 0.444 e. The Morgan fingerprint density at radius 1 is 1.06 bits per heavy atom. The Balaban J connectivity index is 1.49. The second kappa shape index (κ2) is 10.4. The number of rotatable bonds is 5. The quantitative estimate of drug-likeness (QED) is 0.533. The zero-order valence-electron chi connectivity index (χ0n) is 20.3. The van der Waals surface area contributed by atoms with E-state index in [0.29, 0.717) is 12.3 Å². The summed E-state index contributed by atoms with van der Waals surface area (Å²) in [5, 5.41) is 1.97. The number of carbonyl (C=O) groups excluding carboxylic acids is 2. The topological polar surface area (TPSA) is 59.1 Å². The first kappa shape index (κ1) is 24.6. The Labute approximate surface area is 206 Å². The van der Waals surface area contributed by atoms with E-state index in [-0.39, 0.29) is 35.3 Å². The van der Waals surface area contributed by atoms with E-state index >= 15 is 0 Å². The van der Waals surface area contributed by atoms with Crippen molar-refractivity contribution in [2.24, 2.45) is 5.92 Å². The number of nitrogens with zero attached hydrogens (tertiary/aromatic N) is 2. The molecule has 0 aromatic heterocycles. The number of amides is 1. The molecule has 4 rings (SSSR count). The van der Waals surface area contributed by atoms with E-state index in [1.807, 2.05) is 93.4 Å². The minimum Gasteiger partial charge on any atom is -0.444 e. The molecule has 2 saturated heterocycles. The summed E-state index contributed by atoms with van der Waals surface area (Å²) in [5.74, 6) is 0.234. The molecule has 7 heteroatoms. The van der Waals surface area contributed by atoms with Crippen molar-refractivity contribution in [2.75, 3.05) is 17.4 Å². The van der Waals surface area contributed by atoms with Gasteiger partial charge in [0, 0.05) is 18.3 Å². The number of benzene rings is 2. The number of anilines is 1. The molecule has 2 aromatic rings. The smallest absolute Gasteiger partial charge is 0.410 e. The van der Waals surface area contributed by atoms with Gasteiger partial charge in [0.2, 0.25) is 0 Å². The number of thioether (sulfide) groups is 1. The standard InChI is InChI=1S/C27H34N2O4S/c1-19-23(25(30)34-18-22-16-11-17-28(22)26(31)32-27(2,3)4)24(20-12-7-5-8-13-20)29(33-19)21-14-9-6-10-15-21/h5-10,12-15,19,22-24H,11,16-18H2,1-4H3/t19-,22?,23-,24+/m0/s1. The molecule has 0 bridgehead atoms. The van der Waals surface area contributed by atoms with Crippen LogP contribution in [0.5, 0.6) is 0 Å². The van der Waals surface area contributed by atoms with Crippen molar-refractivity contribution in [3.8, 4) is 0 Å². The van der Waals surface area contributed by atoms with Crippen molar-refractivity contribution in [3.63, 3.8) is 0 Å². The van der Waals surface area contributed by atoms with Crippen LogP contribution in [0.3, 0.4) is 0 Å². The SMILES string of the molecule is C[C@@H]1ON(c2ccccc2)[C@H](c2ccccc2)[C@H]1C(=O)SCC1CCCN1C(=O)OC(C)(C)C. The van der Waals surface area contributed by atoms with Crippen molar-refractivity contribution in [2.45, 2.75) is 64.3 Å². The first-order valence-corrected chi connectivity index (χ1v) is 13.0. The summed E-state index contributed by atoms with van der Waals surface area (Å²) in [7, 11) is 0. The average Bonchev–Trinajstić information content (AvgIpc) is 3.42. The van der Waals surface area contributed by atoms with Gasteiger partial charge in [0.25, 0.3) is 0 Å². The van der Waals surface area contributed by atoms with Crippen LogP contribution >= 0.6 is 11.8 Å². The third-order valence-corrected chi connectivity index (χ3v) is 7.33. The number of likely N-dealkylation sites (tertiary alicyclic amines) is 1. The zero-order valence-corrected chi connectivity index (χ0v) is 21.2. The fourth-order valence-corrected chi connectivity index (χ4v) is 5.88. The minimum absolute atomic E-state index is 0.00169. The average molecular weight is 483 g/mol. The third kappa shape index (κ3) is 5.58. The first-order chi connectivity index (χ1) is 16.2. The Kier molecular flexibility index (Phi) is 7.53. The Morgan fingerprint density at radius 2 is 1.71 bits per heavy atom. The van der Waals surface area contributed by atoms with Crippen molar-refractivity contribution in [1.29, 1.82) is 0 Å². The zero-order chi connectivity index (χ0) is 24.3. The van der Waals surface area contributed by atoms with E-state index in [1.165, 1.54) is 11.8 Å². The fourth-order valence-electron chi connectivity index (χ4n) is 4.67. The van der Waals surface area contributed by atoms with E-state index in [0.717, 1.165) is 24.1 Å². The molecule has 0 aliphatic carbocycles. The third-order valence-electron chi connectivity index (χ3n) is 6.23.